The van der Waals surface area contributed by atoms with Crippen molar-refractivity contribution in [2.24, 2.45) is 0 Å². The summed E-state index contributed by atoms with van der Waals surface area (Å²) in [7, 11) is 0. The fourth-order valence-electron chi connectivity index (χ4n) is 3.74. The number of rotatable bonds is 3. The van der Waals surface area contributed by atoms with Gasteiger partial charge in [-0.3, -0.25) is 19.8 Å². The van der Waals surface area contributed by atoms with Gasteiger partial charge in [-0.05, 0) is 43.2 Å². The van der Waals surface area contributed by atoms with Gasteiger partial charge in [0.05, 0.1) is 5.56 Å². The standard InChI is InChI=1S/C21H17F3N2O4/c22-21(23,24)13-5-3-4-12(10-13)17-9-8-15(30-17)11-16-18(27)25-20(29)26(19(16)28)14-6-1-2-7-14/h3-5,8-11,14H,1-2,6-7H2,(H,25,27,29)/b16-11+. The van der Waals surface area contributed by atoms with Crippen LogP contribution in [0.15, 0.2) is 46.4 Å². The highest BCUT2D eigenvalue weighted by molar-refractivity contribution is 6.31. The lowest BCUT2D eigenvalue weighted by molar-refractivity contribution is -0.137. The van der Waals surface area contributed by atoms with Crippen LogP contribution in [0.25, 0.3) is 17.4 Å². The highest BCUT2D eigenvalue weighted by atomic mass is 19.4. The van der Waals surface area contributed by atoms with Gasteiger partial charge in [0.15, 0.2) is 0 Å². The topological polar surface area (TPSA) is 79.6 Å². The van der Waals surface area contributed by atoms with E-state index in [0.29, 0.717) is 12.8 Å². The average molecular weight is 418 g/mol. The van der Waals surface area contributed by atoms with Crippen LogP contribution in [0.5, 0.6) is 0 Å². The summed E-state index contributed by atoms with van der Waals surface area (Å²) in [6.45, 7) is 0. The van der Waals surface area contributed by atoms with Crippen molar-refractivity contribution in [3.05, 3.63) is 53.3 Å². The van der Waals surface area contributed by atoms with Gasteiger partial charge >= 0.3 is 12.2 Å². The number of alkyl halides is 3. The van der Waals surface area contributed by atoms with Crippen LogP contribution in [-0.2, 0) is 15.8 Å². The van der Waals surface area contributed by atoms with E-state index in [1.807, 2.05) is 0 Å². The summed E-state index contributed by atoms with van der Waals surface area (Å²) in [6.07, 6.45) is -0.137. The summed E-state index contributed by atoms with van der Waals surface area (Å²) in [5.41, 5.74) is -0.869. The number of benzene rings is 1. The molecule has 0 atom stereocenters. The van der Waals surface area contributed by atoms with E-state index in [1.54, 1.807) is 0 Å². The number of carbonyl (C=O) groups excluding carboxylic acids is 3. The smallest absolute Gasteiger partial charge is 0.416 e. The molecule has 1 aromatic heterocycles. The zero-order valence-corrected chi connectivity index (χ0v) is 15.7. The summed E-state index contributed by atoms with van der Waals surface area (Å²) >= 11 is 0. The first kappa shape index (κ1) is 19.9. The molecule has 2 fully saturated rings. The maximum atomic E-state index is 12.9. The number of imide groups is 2. The number of hydrogen-bond donors (Lipinski definition) is 1. The number of nitrogens with one attached hydrogen (secondary N) is 1. The molecule has 1 saturated carbocycles. The van der Waals surface area contributed by atoms with Crippen LogP contribution in [0.1, 0.15) is 37.0 Å². The summed E-state index contributed by atoms with van der Waals surface area (Å²) in [4.78, 5) is 38.2. The first-order valence-corrected chi connectivity index (χ1v) is 9.42. The van der Waals surface area contributed by atoms with Gasteiger partial charge < -0.3 is 4.42 Å². The molecule has 0 radical (unpaired) electrons. The van der Waals surface area contributed by atoms with Crippen LogP contribution >= 0.6 is 0 Å². The van der Waals surface area contributed by atoms with Crippen molar-refractivity contribution in [3.8, 4) is 11.3 Å². The van der Waals surface area contributed by atoms with E-state index in [-0.39, 0.29) is 28.7 Å². The second-order valence-electron chi connectivity index (χ2n) is 7.21. The molecule has 2 heterocycles. The average Bonchev–Trinajstić information content (AvgIpc) is 3.37. The Morgan fingerprint density at radius 3 is 2.50 bits per heavy atom. The number of barbiturate groups is 1. The van der Waals surface area contributed by atoms with Gasteiger partial charge in [0.2, 0.25) is 0 Å². The van der Waals surface area contributed by atoms with Gasteiger partial charge in [-0.1, -0.05) is 25.0 Å². The van der Waals surface area contributed by atoms with Crippen molar-refractivity contribution >= 4 is 23.9 Å². The van der Waals surface area contributed by atoms with Crippen LogP contribution in [0, 0.1) is 0 Å². The number of halogens is 3. The zero-order valence-electron chi connectivity index (χ0n) is 15.7. The molecule has 6 nitrogen and oxygen atoms in total. The van der Waals surface area contributed by atoms with Gasteiger partial charge in [-0.2, -0.15) is 13.2 Å². The van der Waals surface area contributed by atoms with Gasteiger partial charge in [0, 0.05) is 11.6 Å². The third kappa shape index (κ3) is 3.74. The summed E-state index contributed by atoms with van der Waals surface area (Å²) in [6, 6.07) is 6.53. The molecule has 2 aliphatic rings. The molecule has 30 heavy (non-hydrogen) atoms. The van der Waals surface area contributed by atoms with E-state index in [0.717, 1.165) is 29.9 Å². The van der Waals surface area contributed by atoms with E-state index in [4.69, 9.17) is 4.42 Å². The van der Waals surface area contributed by atoms with Crippen LogP contribution in [0.3, 0.4) is 0 Å². The second-order valence-corrected chi connectivity index (χ2v) is 7.21. The minimum atomic E-state index is -4.49. The lowest BCUT2D eigenvalue weighted by Gasteiger charge is -2.30. The van der Waals surface area contributed by atoms with Gasteiger partial charge in [-0.25, -0.2) is 4.79 Å². The molecule has 4 amide bonds. The molecular formula is C21H17F3N2O4. The number of urea groups is 1. The Balaban J connectivity index is 1.62. The first-order valence-electron chi connectivity index (χ1n) is 9.42. The molecule has 2 aromatic rings. The fourth-order valence-corrected chi connectivity index (χ4v) is 3.74. The number of nitrogens with zero attached hydrogens (tertiary/aromatic N) is 1. The van der Waals surface area contributed by atoms with Gasteiger partial charge in [0.25, 0.3) is 11.8 Å². The van der Waals surface area contributed by atoms with E-state index in [2.05, 4.69) is 5.32 Å². The molecule has 0 spiro atoms. The monoisotopic (exact) mass is 418 g/mol. The van der Waals surface area contributed by atoms with Crippen molar-refractivity contribution in [3.63, 3.8) is 0 Å². The largest absolute Gasteiger partial charge is 0.457 e. The Bertz CT molecular complexity index is 1050. The Morgan fingerprint density at radius 2 is 1.80 bits per heavy atom. The van der Waals surface area contributed by atoms with Crippen molar-refractivity contribution in [2.75, 3.05) is 0 Å². The Kier molecular flexibility index (Phi) is 4.97. The third-order valence-corrected chi connectivity index (χ3v) is 5.21. The van der Waals surface area contributed by atoms with Crippen molar-refractivity contribution in [1.82, 2.24) is 10.2 Å². The van der Waals surface area contributed by atoms with Crippen LogP contribution in [0.2, 0.25) is 0 Å². The highest BCUT2D eigenvalue weighted by Crippen LogP contribution is 2.33. The van der Waals surface area contributed by atoms with Gasteiger partial charge in [0.1, 0.15) is 17.1 Å². The third-order valence-electron chi connectivity index (χ3n) is 5.21. The minimum Gasteiger partial charge on any atom is -0.457 e. The van der Waals surface area contributed by atoms with Crippen molar-refractivity contribution in [1.29, 1.82) is 0 Å². The predicted octanol–water partition coefficient (Wildman–Crippen LogP) is 4.37. The molecule has 1 aliphatic heterocycles. The molecule has 156 valence electrons. The molecule has 1 aliphatic carbocycles. The maximum Gasteiger partial charge on any atom is 0.416 e. The lowest BCUT2D eigenvalue weighted by Crippen LogP contribution is -2.57. The van der Waals surface area contributed by atoms with E-state index < -0.39 is 29.6 Å². The molecule has 1 aromatic carbocycles. The molecule has 1 saturated heterocycles. The number of hydrogen-bond acceptors (Lipinski definition) is 4. The molecular weight excluding hydrogens is 401 g/mol. The number of amides is 4. The molecule has 0 unspecified atom stereocenters. The quantitative estimate of drug-likeness (QED) is 0.593. The molecule has 1 N–H and O–H groups in total. The highest BCUT2D eigenvalue weighted by Gasteiger charge is 2.40. The van der Waals surface area contributed by atoms with Gasteiger partial charge in [-0.15, -0.1) is 0 Å². The SMILES string of the molecule is O=C1NC(=O)N(C2CCCC2)C(=O)/C1=C/c1ccc(-c2cccc(C(F)(F)F)c2)o1. The van der Waals surface area contributed by atoms with Crippen molar-refractivity contribution in [2.45, 2.75) is 37.9 Å². The second kappa shape index (κ2) is 7.47. The predicted molar refractivity (Wildman–Crippen MR) is 99.8 cm³/mol. The molecule has 4 rings (SSSR count). The Morgan fingerprint density at radius 1 is 1.07 bits per heavy atom. The fraction of sp³-hybridized carbons (Fsp3) is 0.286. The minimum absolute atomic E-state index is 0.113. The van der Waals surface area contributed by atoms with Crippen LogP contribution < -0.4 is 5.32 Å². The first-order chi connectivity index (χ1) is 14.2. The Labute approximate surface area is 169 Å². The normalized spacial score (nSPS) is 19.6. The summed E-state index contributed by atoms with van der Waals surface area (Å²) in [5.74, 6) is -1.27. The van der Waals surface area contributed by atoms with Crippen LogP contribution in [0.4, 0.5) is 18.0 Å². The Hall–Kier alpha value is -3.36. The zero-order chi connectivity index (χ0) is 21.5. The summed E-state index contributed by atoms with van der Waals surface area (Å²) in [5, 5.41) is 2.16. The molecule has 9 heteroatoms. The van der Waals surface area contributed by atoms with E-state index in [9.17, 15) is 27.6 Å². The molecule has 0 bridgehead atoms. The number of carbonyl (C=O) groups is 3. The van der Waals surface area contributed by atoms with E-state index in [1.165, 1.54) is 30.3 Å². The van der Waals surface area contributed by atoms with Crippen molar-refractivity contribution < 1.29 is 32.0 Å². The van der Waals surface area contributed by atoms with E-state index >= 15 is 0 Å². The summed E-state index contributed by atoms with van der Waals surface area (Å²) < 4.78 is 44.3. The lowest BCUT2D eigenvalue weighted by atomic mass is 10.1. The maximum absolute atomic E-state index is 12.9. The number of furan rings is 1. The van der Waals surface area contributed by atoms with Crippen LogP contribution in [-0.4, -0.2) is 28.8 Å².